The lowest BCUT2D eigenvalue weighted by Crippen LogP contribution is -2.19. The number of hydrogen-bond acceptors (Lipinski definition) is 22. The van der Waals surface area contributed by atoms with Gasteiger partial charge in [0.05, 0.1) is 66.6 Å². The van der Waals surface area contributed by atoms with Crippen molar-refractivity contribution in [3.05, 3.63) is 116 Å². The topological polar surface area (TPSA) is 277 Å². The molecule has 0 saturated heterocycles. The summed E-state index contributed by atoms with van der Waals surface area (Å²) in [6.07, 6.45) is 0.0264. The summed E-state index contributed by atoms with van der Waals surface area (Å²) < 4.78 is 88.9. The average molecular weight is 1100 g/mol. The van der Waals surface area contributed by atoms with Crippen molar-refractivity contribution in [2.45, 2.75) is 23.7 Å². The molecule has 2 N–H and O–H groups in total. The second-order valence-electron chi connectivity index (χ2n) is 14.8. The Labute approximate surface area is 430 Å². The summed E-state index contributed by atoms with van der Waals surface area (Å²) in [7, 11) is 1.11. The Hall–Kier alpha value is -6.52. The summed E-state index contributed by atoms with van der Waals surface area (Å²) >= 11 is 13.8. The van der Waals surface area contributed by atoms with Crippen molar-refractivity contribution >= 4 is 65.5 Å². The molecule has 22 nitrogen and oxygen atoms in total. The maximum Gasteiger partial charge on any atom is 0.213 e. The number of aliphatic hydroxyl groups is 2. The van der Waals surface area contributed by atoms with Gasteiger partial charge in [0.25, 0.3) is 0 Å². The van der Waals surface area contributed by atoms with Crippen LogP contribution in [0.4, 0.5) is 0 Å². The summed E-state index contributed by atoms with van der Waals surface area (Å²) in [6, 6.07) is 20.5. The molecule has 2 aromatic carbocycles. The van der Waals surface area contributed by atoms with Gasteiger partial charge < -0.3 is 38.6 Å². The summed E-state index contributed by atoms with van der Waals surface area (Å²) in [6.45, 7) is 0. The SMILES string of the molecule is COc1cccc(-c2nnc(CS(=O)(=O)C[C@@H](O)c3ncc(Cl)s3)n2-c2c(OC)cccc2OC)n1.COc1cccc(-c2nnc(CS(=O)(=O)C[C@H](O)c3ncc(Cl)s3)n2-c2c(OC)cccc2OC)n1. The first-order valence-corrected chi connectivity index (χ1v) is 26.9. The van der Waals surface area contributed by atoms with Crippen LogP contribution in [0.2, 0.25) is 8.67 Å². The van der Waals surface area contributed by atoms with Crippen LogP contribution in [0.1, 0.15) is 33.9 Å². The Morgan fingerprint density at radius 1 is 0.528 bits per heavy atom. The maximum absolute atomic E-state index is 13.1. The summed E-state index contributed by atoms with van der Waals surface area (Å²) in [5.74, 6) is 0.656. The Morgan fingerprint density at radius 2 is 0.875 bits per heavy atom. The Kier molecular flexibility index (Phi) is 17.3. The van der Waals surface area contributed by atoms with Gasteiger partial charge >= 0.3 is 0 Å². The molecule has 0 unspecified atom stereocenters. The molecule has 380 valence electrons. The zero-order chi connectivity index (χ0) is 51.7. The third-order valence-electron chi connectivity index (χ3n) is 10.1. The van der Waals surface area contributed by atoms with Gasteiger partial charge in [-0.25, -0.2) is 36.8 Å². The minimum atomic E-state index is -3.90. The molecule has 0 radical (unpaired) electrons. The van der Waals surface area contributed by atoms with Crippen LogP contribution in [-0.2, 0) is 31.2 Å². The van der Waals surface area contributed by atoms with Crippen LogP contribution in [0.25, 0.3) is 34.4 Å². The van der Waals surface area contributed by atoms with Gasteiger partial charge in [-0.2, -0.15) is 0 Å². The quantitative estimate of drug-likeness (QED) is 0.0856. The third kappa shape index (κ3) is 12.4. The second kappa shape index (κ2) is 23.4. The molecule has 0 fully saturated rings. The average Bonchev–Trinajstić information content (AvgIpc) is 4.20. The van der Waals surface area contributed by atoms with Crippen LogP contribution in [0.3, 0.4) is 0 Å². The van der Waals surface area contributed by atoms with Gasteiger partial charge in [0, 0.05) is 12.1 Å². The van der Waals surface area contributed by atoms with E-state index in [1.165, 1.54) is 64.2 Å². The summed E-state index contributed by atoms with van der Waals surface area (Å²) in [5.41, 5.74) is 1.56. The highest BCUT2D eigenvalue weighted by molar-refractivity contribution is 7.90. The number of aromatic nitrogens is 10. The fraction of sp³-hybridized carbons (Fsp3) is 0.273. The zero-order valence-corrected chi connectivity index (χ0v) is 43.7. The molecule has 0 bridgehead atoms. The van der Waals surface area contributed by atoms with E-state index in [0.29, 0.717) is 66.2 Å². The number of sulfone groups is 2. The van der Waals surface area contributed by atoms with Crippen molar-refractivity contribution in [1.82, 2.24) is 49.5 Å². The zero-order valence-electron chi connectivity index (χ0n) is 38.9. The highest BCUT2D eigenvalue weighted by Crippen LogP contribution is 2.39. The van der Waals surface area contributed by atoms with E-state index < -0.39 is 54.9 Å². The summed E-state index contributed by atoms with van der Waals surface area (Å²) in [4.78, 5) is 16.8. The molecule has 8 rings (SSSR count). The predicted octanol–water partition coefficient (Wildman–Crippen LogP) is 6.23. The number of pyridine rings is 2. The lowest BCUT2D eigenvalue weighted by molar-refractivity contribution is 0.200. The molecular formula is C44H44Cl2N10O12S4. The van der Waals surface area contributed by atoms with Gasteiger partial charge in [-0.1, -0.05) is 47.5 Å². The molecule has 2 atom stereocenters. The van der Waals surface area contributed by atoms with Gasteiger partial charge in [0.15, 0.2) is 43.0 Å². The van der Waals surface area contributed by atoms with Crippen LogP contribution in [0, 0.1) is 0 Å². The number of rotatable bonds is 20. The number of thiazole rings is 2. The molecule has 0 aliphatic rings. The van der Waals surface area contributed by atoms with Crippen LogP contribution in [0.5, 0.6) is 34.8 Å². The van der Waals surface area contributed by atoms with Gasteiger partial charge in [-0.05, 0) is 36.4 Å². The molecule has 0 spiro atoms. The number of benzene rings is 2. The van der Waals surface area contributed by atoms with E-state index in [2.05, 4.69) is 40.3 Å². The van der Waals surface area contributed by atoms with Crippen molar-refractivity contribution in [2.75, 3.05) is 54.2 Å². The van der Waals surface area contributed by atoms with Crippen molar-refractivity contribution in [1.29, 1.82) is 0 Å². The number of para-hydroxylation sites is 2. The predicted molar refractivity (Wildman–Crippen MR) is 268 cm³/mol. The van der Waals surface area contributed by atoms with Crippen LogP contribution in [-0.4, -0.2) is 131 Å². The molecule has 6 heterocycles. The molecule has 0 amide bonds. The van der Waals surface area contributed by atoms with Gasteiger partial charge in [-0.15, -0.1) is 43.1 Å². The van der Waals surface area contributed by atoms with Crippen LogP contribution < -0.4 is 28.4 Å². The molecule has 28 heteroatoms. The first-order valence-electron chi connectivity index (χ1n) is 20.9. The van der Waals surface area contributed by atoms with Crippen molar-refractivity contribution in [3.63, 3.8) is 0 Å². The summed E-state index contributed by atoms with van der Waals surface area (Å²) in [5, 5.41) is 38.1. The molecule has 0 aliphatic heterocycles. The van der Waals surface area contributed by atoms with Crippen molar-refractivity contribution in [2.24, 2.45) is 0 Å². The highest BCUT2D eigenvalue weighted by atomic mass is 35.5. The van der Waals surface area contributed by atoms with E-state index in [9.17, 15) is 27.0 Å². The largest absolute Gasteiger partial charge is 0.494 e. The van der Waals surface area contributed by atoms with E-state index in [0.717, 1.165) is 22.7 Å². The molecule has 0 aliphatic carbocycles. The smallest absolute Gasteiger partial charge is 0.213 e. The molecule has 0 saturated carbocycles. The lowest BCUT2D eigenvalue weighted by atomic mass is 10.2. The molecular weight excluding hydrogens is 1060 g/mol. The van der Waals surface area contributed by atoms with E-state index in [1.54, 1.807) is 72.8 Å². The standard InChI is InChI=1S/2C22H22ClN5O6S2/c2*1-32-15-7-5-8-16(33-2)20(15)28-18(26-27-21(28)13-6-4-9-19(25-13)34-3)12-36(30,31)11-14(29)22-24-10-17(23)35-22/h2*4-10,14,29H,11-12H2,1-3H3/t2*14-/m10/s1. The fourth-order valence-electron chi connectivity index (χ4n) is 7.01. The molecule has 6 aromatic heterocycles. The highest BCUT2D eigenvalue weighted by Gasteiger charge is 2.31. The van der Waals surface area contributed by atoms with E-state index >= 15 is 0 Å². The van der Waals surface area contributed by atoms with Gasteiger partial charge in [0.2, 0.25) is 11.8 Å². The Bertz CT molecular complexity index is 3120. The van der Waals surface area contributed by atoms with E-state index in [-0.39, 0.29) is 33.3 Å². The first kappa shape index (κ1) is 53.3. The number of halogens is 2. The number of methoxy groups -OCH3 is 6. The Morgan fingerprint density at radius 3 is 1.18 bits per heavy atom. The monoisotopic (exact) mass is 1100 g/mol. The number of nitrogens with zero attached hydrogens (tertiary/aromatic N) is 10. The van der Waals surface area contributed by atoms with Gasteiger partial charge in [-0.3, -0.25) is 9.13 Å². The first-order chi connectivity index (χ1) is 34.5. The van der Waals surface area contributed by atoms with E-state index in [4.69, 9.17) is 51.6 Å². The minimum absolute atomic E-state index is 0.0711. The van der Waals surface area contributed by atoms with Crippen molar-refractivity contribution in [3.8, 4) is 69.2 Å². The minimum Gasteiger partial charge on any atom is -0.494 e. The third-order valence-corrected chi connectivity index (χ3v) is 15.6. The van der Waals surface area contributed by atoms with Crippen LogP contribution >= 0.6 is 45.9 Å². The fourth-order valence-corrected chi connectivity index (χ4v) is 11.7. The second-order valence-corrected chi connectivity index (χ2v) is 22.5. The molecule has 8 aromatic rings. The normalized spacial score (nSPS) is 12.4. The van der Waals surface area contributed by atoms with Crippen LogP contribution in [0.15, 0.2) is 85.2 Å². The Balaban J connectivity index is 0.000000211. The van der Waals surface area contributed by atoms with Crippen molar-refractivity contribution < 1.29 is 55.5 Å². The molecule has 72 heavy (non-hydrogen) atoms. The van der Waals surface area contributed by atoms with E-state index in [1.807, 2.05) is 0 Å². The lowest BCUT2D eigenvalue weighted by Gasteiger charge is -2.17. The van der Waals surface area contributed by atoms with Gasteiger partial charge in [0.1, 0.15) is 88.2 Å². The number of aliphatic hydroxyl groups excluding tert-OH is 2. The number of ether oxygens (including phenoxy) is 6. The maximum atomic E-state index is 13.1. The number of hydrogen-bond donors (Lipinski definition) is 2.